The van der Waals surface area contributed by atoms with Gasteiger partial charge in [0.1, 0.15) is 35.2 Å². The second-order valence-corrected chi connectivity index (χ2v) is 9.09. The van der Waals surface area contributed by atoms with Gasteiger partial charge in [0.2, 0.25) is 0 Å². The number of methoxy groups -OCH3 is 1. The number of hydrogen-bond acceptors (Lipinski definition) is 7. The molecule has 3 unspecified atom stereocenters. The van der Waals surface area contributed by atoms with E-state index in [0.29, 0.717) is 23.0 Å². The van der Waals surface area contributed by atoms with Crippen molar-refractivity contribution in [3.05, 3.63) is 82.5 Å². The number of rotatable bonds is 5. The first-order chi connectivity index (χ1) is 17.3. The summed E-state index contributed by atoms with van der Waals surface area (Å²) in [6.45, 7) is 3.07. The monoisotopic (exact) mass is 516 g/mol. The molecule has 4 N–H and O–H groups in total. The average Bonchev–Trinajstić information content (AvgIpc) is 3.29. The Morgan fingerprint density at radius 3 is 2.56 bits per heavy atom. The zero-order valence-corrected chi connectivity index (χ0v) is 20.6. The summed E-state index contributed by atoms with van der Waals surface area (Å²) in [5, 5.41) is 0.355. The maximum Gasteiger partial charge on any atom is 0.147 e. The van der Waals surface area contributed by atoms with Crippen LogP contribution in [0.4, 0.5) is 14.5 Å². The summed E-state index contributed by atoms with van der Waals surface area (Å²) >= 11 is 6.01. The highest BCUT2D eigenvalue weighted by atomic mass is 35.5. The van der Waals surface area contributed by atoms with Gasteiger partial charge in [0.15, 0.2) is 0 Å². The standard InChI is InChI=1S/C25H27ClF2N6O2/c1-3-33-24(29)19-12-36-11-18(14-6-15(27)8-16(28)7-14)23(19)34(25(33)30)17-4-5-20(21(9-17)35-2)32-10-22(26)31-13-32/h4-10,13,18,24-25H,3,11-12,29-30H2,1-2H3. The molecule has 11 heteroatoms. The van der Waals surface area contributed by atoms with E-state index >= 15 is 0 Å². The van der Waals surface area contributed by atoms with E-state index in [1.165, 1.54) is 12.1 Å². The van der Waals surface area contributed by atoms with Crippen molar-refractivity contribution in [2.75, 3.05) is 31.8 Å². The van der Waals surface area contributed by atoms with Crippen LogP contribution in [0.5, 0.6) is 5.75 Å². The van der Waals surface area contributed by atoms with Crippen molar-refractivity contribution >= 4 is 17.3 Å². The van der Waals surface area contributed by atoms with Crippen LogP contribution in [0.15, 0.2) is 60.2 Å². The maximum atomic E-state index is 14.2. The number of anilines is 1. The van der Waals surface area contributed by atoms with E-state index in [4.69, 9.17) is 32.5 Å². The van der Waals surface area contributed by atoms with Crippen molar-refractivity contribution in [2.24, 2.45) is 11.5 Å². The minimum absolute atomic E-state index is 0.229. The van der Waals surface area contributed by atoms with Crippen LogP contribution in [0, 0.1) is 11.6 Å². The van der Waals surface area contributed by atoms with E-state index in [-0.39, 0.29) is 13.2 Å². The molecule has 0 fully saturated rings. The van der Waals surface area contributed by atoms with Crippen LogP contribution in [-0.4, -0.2) is 53.8 Å². The lowest BCUT2D eigenvalue weighted by Gasteiger charge is -2.51. The van der Waals surface area contributed by atoms with E-state index in [0.717, 1.165) is 28.7 Å². The Labute approximate surface area is 212 Å². The van der Waals surface area contributed by atoms with Gasteiger partial charge in [-0.05, 0) is 29.8 Å². The number of imidazole rings is 1. The zero-order valence-electron chi connectivity index (χ0n) is 19.9. The lowest BCUT2D eigenvalue weighted by Crippen LogP contribution is -2.65. The van der Waals surface area contributed by atoms with Crippen molar-refractivity contribution in [2.45, 2.75) is 25.3 Å². The third-order valence-corrected chi connectivity index (χ3v) is 6.90. The van der Waals surface area contributed by atoms with Crippen LogP contribution in [0.1, 0.15) is 18.4 Å². The van der Waals surface area contributed by atoms with Crippen molar-refractivity contribution in [1.82, 2.24) is 14.5 Å². The molecule has 5 rings (SSSR count). The minimum atomic E-state index is -0.658. The Kier molecular flexibility index (Phi) is 6.71. The van der Waals surface area contributed by atoms with Gasteiger partial charge in [-0.3, -0.25) is 10.6 Å². The molecule has 8 nitrogen and oxygen atoms in total. The molecular formula is C25H27ClF2N6O2. The van der Waals surface area contributed by atoms with Gasteiger partial charge in [-0.25, -0.2) is 13.8 Å². The van der Waals surface area contributed by atoms with E-state index in [2.05, 4.69) is 4.98 Å². The molecule has 0 saturated heterocycles. The quantitative estimate of drug-likeness (QED) is 0.535. The molecule has 2 aromatic carbocycles. The van der Waals surface area contributed by atoms with Crippen LogP contribution < -0.4 is 21.1 Å². The predicted octanol–water partition coefficient (Wildman–Crippen LogP) is 3.55. The topological polar surface area (TPSA) is 94.8 Å². The van der Waals surface area contributed by atoms with Gasteiger partial charge in [0.05, 0.1) is 32.2 Å². The highest BCUT2D eigenvalue weighted by Gasteiger charge is 2.42. The fourth-order valence-electron chi connectivity index (χ4n) is 5.04. The maximum absolute atomic E-state index is 14.2. The van der Waals surface area contributed by atoms with Crippen molar-refractivity contribution in [3.8, 4) is 11.4 Å². The second kappa shape index (κ2) is 9.79. The Morgan fingerprint density at radius 2 is 1.92 bits per heavy atom. The summed E-state index contributed by atoms with van der Waals surface area (Å²) in [5.74, 6) is -1.23. The number of nitrogens with two attached hydrogens (primary N) is 2. The Bertz CT molecular complexity index is 1300. The minimum Gasteiger partial charge on any atom is -0.494 e. The number of aromatic nitrogens is 2. The Morgan fingerprint density at radius 1 is 1.17 bits per heavy atom. The Hall–Kier alpha value is -3.02. The van der Waals surface area contributed by atoms with Gasteiger partial charge in [0.25, 0.3) is 0 Å². The molecule has 36 heavy (non-hydrogen) atoms. The normalized spacial score (nSPS) is 22.6. The molecule has 0 amide bonds. The number of benzene rings is 2. The molecule has 0 spiro atoms. The predicted molar refractivity (Wildman–Crippen MR) is 133 cm³/mol. The summed E-state index contributed by atoms with van der Waals surface area (Å²) in [6, 6.07) is 9.13. The zero-order chi connectivity index (χ0) is 25.6. The Balaban J connectivity index is 1.67. The van der Waals surface area contributed by atoms with E-state index in [9.17, 15) is 8.78 Å². The lowest BCUT2D eigenvalue weighted by atomic mass is 9.87. The van der Waals surface area contributed by atoms with Gasteiger partial charge in [-0.1, -0.05) is 18.5 Å². The van der Waals surface area contributed by atoms with Crippen LogP contribution in [-0.2, 0) is 4.74 Å². The van der Waals surface area contributed by atoms with E-state index in [1.54, 1.807) is 24.2 Å². The van der Waals surface area contributed by atoms with Gasteiger partial charge in [-0.15, -0.1) is 0 Å². The van der Waals surface area contributed by atoms with Crippen LogP contribution in [0.2, 0.25) is 5.15 Å². The summed E-state index contributed by atoms with van der Waals surface area (Å²) < 4.78 is 41.7. The van der Waals surface area contributed by atoms with Gasteiger partial charge in [0, 0.05) is 47.7 Å². The molecule has 3 heterocycles. The SMILES string of the molecule is CCN1C(N)C2=C(C(c3cc(F)cc(F)c3)COC2)N(c2ccc(-n3cnc(Cl)c3)c(OC)c2)C1N. The molecule has 0 bridgehead atoms. The molecule has 0 saturated carbocycles. The lowest BCUT2D eigenvalue weighted by molar-refractivity contribution is 0.0809. The first-order valence-electron chi connectivity index (χ1n) is 11.5. The summed E-state index contributed by atoms with van der Waals surface area (Å²) in [5.41, 5.74) is 16.9. The highest BCUT2D eigenvalue weighted by molar-refractivity contribution is 6.29. The number of nitrogens with zero attached hydrogens (tertiary/aromatic N) is 4. The smallest absolute Gasteiger partial charge is 0.147 e. The number of likely N-dealkylation sites (N-methyl/N-ethyl adjacent to an activating group) is 1. The number of ether oxygens (including phenoxy) is 2. The molecule has 190 valence electrons. The third kappa shape index (κ3) is 4.25. The highest BCUT2D eigenvalue weighted by Crippen LogP contribution is 2.43. The molecule has 0 radical (unpaired) electrons. The summed E-state index contributed by atoms with van der Waals surface area (Å²) in [6.07, 6.45) is 2.13. The van der Waals surface area contributed by atoms with Crippen LogP contribution in [0.25, 0.3) is 5.69 Å². The van der Waals surface area contributed by atoms with Crippen molar-refractivity contribution < 1.29 is 18.3 Å². The van der Waals surface area contributed by atoms with Crippen molar-refractivity contribution in [1.29, 1.82) is 0 Å². The van der Waals surface area contributed by atoms with Crippen molar-refractivity contribution in [3.63, 3.8) is 0 Å². The first-order valence-corrected chi connectivity index (χ1v) is 11.9. The fourth-order valence-corrected chi connectivity index (χ4v) is 5.19. The average molecular weight is 517 g/mol. The number of halogens is 3. The molecule has 1 aromatic heterocycles. The number of hydrogen-bond donors (Lipinski definition) is 2. The largest absolute Gasteiger partial charge is 0.494 e. The summed E-state index contributed by atoms with van der Waals surface area (Å²) in [4.78, 5) is 7.96. The molecule has 2 aliphatic rings. The van der Waals surface area contributed by atoms with Crippen LogP contribution in [0.3, 0.4) is 0 Å². The van der Waals surface area contributed by atoms with E-state index < -0.39 is 30.0 Å². The second-order valence-electron chi connectivity index (χ2n) is 8.70. The van der Waals surface area contributed by atoms with Crippen LogP contribution >= 0.6 is 11.6 Å². The van der Waals surface area contributed by atoms with Gasteiger partial charge in [-0.2, -0.15) is 0 Å². The molecule has 0 aliphatic carbocycles. The first kappa shape index (κ1) is 24.7. The van der Waals surface area contributed by atoms with E-state index in [1.807, 2.05) is 34.9 Å². The summed E-state index contributed by atoms with van der Waals surface area (Å²) in [7, 11) is 1.57. The molecular weight excluding hydrogens is 490 g/mol. The fraction of sp³-hybridized carbons (Fsp3) is 0.320. The third-order valence-electron chi connectivity index (χ3n) is 6.70. The van der Waals surface area contributed by atoms with Gasteiger partial charge < -0.3 is 24.7 Å². The molecule has 3 atom stereocenters. The molecule has 3 aromatic rings. The van der Waals surface area contributed by atoms with Gasteiger partial charge >= 0.3 is 0 Å². The molecule has 2 aliphatic heterocycles.